The van der Waals surface area contributed by atoms with Gasteiger partial charge in [0.1, 0.15) is 4.70 Å². The fraction of sp³-hybridized carbons (Fsp3) is 0.143. The molecule has 0 aliphatic heterocycles. The molecule has 0 radical (unpaired) electrons. The third kappa shape index (κ3) is 1.82. The third-order valence-corrected chi connectivity index (χ3v) is 4.02. The van der Waals surface area contributed by atoms with Crippen LogP contribution in [0.2, 0.25) is 0 Å². The summed E-state index contributed by atoms with van der Waals surface area (Å²) in [6, 6.07) is 9.22. The van der Waals surface area contributed by atoms with Crippen LogP contribution in [-0.4, -0.2) is 9.55 Å². The molecular formula is C14H12N2O2S. The van der Waals surface area contributed by atoms with Gasteiger partial charge in [0.25, 0.3) is 5.56 Å². The van der Waals surface area contributed by atoms with E-state index in [2.05, 4.69) is 4.98 Å². The van der Waals surface area contributed by atoms with E-state index in [-0.39, 0.29) is 5.56 Å². The lowest BCUT2D eigenvalue weighted by atomic mass is 10.1. The molecule has 96 valence electrons. The van der Waals surface area contributed by atoms with Crippen molar-refractivity contribution in [1.29, 1.82) is 0 Å². The average Bonchev–Trinajstić information content (AvgIpc) is 2.87. The second kappa shape index (κ2) is 4.51. The summed E-state index contributed by atoms with van der Waals surface area (Å²) in [6.07, 6.45) is 0.768. The Morgan fingerprint density at radius 2 is 2.00 bits per heavy atom. The molecule has 2 aromatic heterocycles. The van der Waals surface area contributed by atoms with E-state index in [0.29, 0.717) is 15.9 Å². The predicted molar refractivity (Wildman–Crippen MR) is 77.4 cm³/mol. The van der Waals surface area contributed by atoms with Gasteiger partial charge >= 0.3 is 5.69 Å². The first-order chi connectivity index (χ1) is 9.22. The van der Waals surface area contributed by atoms with Gasteiger partial charge in [0.15, 0.2) is 0 Å². The van der Waals surface area contributed by atoms with Gasteiger partial charge in [-0.05, 0) is 29.5 Å². The van der Waals surface area contributed by atoms with E-state index in [9.17, 15) is 9.59 Å². The van der Waals surface area contributed by atoms with Crippen LogP contribution in [0.4, 0.5) is 0 Å². The second-order valence-electron chi connectivity index (χ2n) is 4.22. The number of para-hydroxylation sites is 1. The summed E-state index contributed by atoms with van der Waals surface area (Å²) in [6.45, 7) is 2.00. The van der Waals surface area contributed by atoms with Gasteiger partial charge in [-0.2, -0.15) is 0 Å². The van der Waals surface area contributed by atoms with Gasteiger partial charge in [-0.25, -0.2) is 9.36 Å². The molecule has 3 aromatic rings. The van der Waals surface area contributed by atoms with Crippen molar-refractivity contribution in [3.05, 3.63) is 62.1 Å². The molecule has 0 saturated heterocycles. The highest BCUT2D eigenvalue weighted by molar-refractivity contribution is 7.17. The van der Waals surface area contributed by atoms with E-state index in [0.717, 1.165) is 12.0 Å². The standard InChI is InChI=1S/C14H12N2O2S/c1-2-9-5-3-4-6-11(9)16-13(17)12-10(7-8-19-12)15-14(16)18/h3-8H,2H2,1H3,(H,15,18). The van der Waals surface area contributed by atoms with Crippen molar-refractivity contribution < 1.29 is 0 Å². The third-order valence-electron chi connectivity index (χ3n) is 3.12. The van der Waals surface area contributed by atoms with Crippen LogP contribution in [-0.2, 0) is 6.42 Å². The molecule has 3 rings (SSSR count). The van der Waals surface area contributed by atoms with Crippen LogP contribution in [0.1, 0.15) is 12.5 Å². The Kier molecular flexibility index (Phi) is 2.83. The van der Waals surface area contributed by atoms with E-state index in [4.69, 9.17) is 0 Å². The predicted octanol–water partition coefficient (Wildman–Crippen LogP) is 2.30. The minimum Gasteiger partial charge on any atom is -0.306 e. The van der Waals surface area contributed by atoms with Gasteiger partial charge in [0.05, 0.1) is 11.2 Å². The number of hydrogen-bond acceptors (Lipinski definition) is 3. The van der Waals surface area contributed by atoms with Crippen LogP contribution in [0.15, 0.2) is 45.3 Å². The first-order valence-electron chi connectivity index (χ1n) is 6.03. The molecule has 0 fully saturated rings. The second-order valence-corrected chi connectivity index (χ2v) is 5.13. The number of benzene rings is 1. The molecule has 0 unspecified atom stereocenters. The maximum atomic E-state index is 12.4. The first-order valence-corrected chi connectivity index (χ1v) is 6.91. The summed E-state index contributed by atoms with van der Waals surface area (Å²) < 4.78 is 1.79. The fourth-order valence-electron chi connectivity index (χ4n) is 2.18. The number of aromatic nitrogens is 2. The highest BCUT2D eigenvalue weighted by Crippen LogP contribution is 2.15. The molecule has 0 atom stereocenters. The zero-order valence-electron chi connectivity index (χ0n) is 10.3. The Labute approximate surface area is 113 Å². The quantitative estimate of drug-likeness (QED) is 0.778. The molecule has 0 aliphatic carbocycles. The molecule has 1 N–H and O–H groups in total. The summed E-state index contributed by atoms with van der Waals surface area (Å²) in [4.78, 5) is 27.3. The Morgan fingerprint density at radius 3 is 2.79 bits per heavy atom. The molecule has 1 aromatic carbocycles. The lowest BCUT2D eigenvalue weighted by Crippen LogP contribution is -2.33. The highest BCUT2D eigenvalue weighted by Gasteiger charge is 2.12. The topological polar surface area (TPSA) is 54.9 Å². The number of thiophene rings is 1. The number of aryl methyl sites for hydroxylation is 1. The SMILES string of the molecule is CCc1ccccc1-n1c(=O)[nH]c2ccsc2c1=O. The van der Waals surface area contributed by atoms with Crippen molar-refractivity contribution in [3.8, 4) is 5.69 Å². The Balaban J connectivity index is 2.43. The zero-order valence-corrected chi connectivity index (χ0v) is 11.2. The molecule has 5 heteroatoms. The molecule has 0 amide bonds. The summed E-state index contributed by atoms with van der Waals surface area (Å²) >= 11 is 1.34. The van der Waals surface area contributed by atoms with Gasteiger partial charge in [0, 0.05) is 0 Å². The molecule has 0 aliphatic rings. The van der Waals surface area contributed by atoms with E-state index in [1.54, 1.807) is 17.5 Å². The van der Waals surface area contributed by atoms with Gasteiger partial charge in [-0.1, -0.05) is 25.1 Å². The Bertz CT molecular complexity index is 857. The van der Waals surface area contributed by atoms with Crippen molar-refractivity contribution in [2.75, 3.05) is 0 Å². The molecule has 0 spiro atoms. The number of nitrogens with zero attached hydrogens (tertiary/aromatic N) is 1. The van der Waals surface area contributed by atoms with Crippen LogP contribution in [0, 0.1) is 0 Å². The van der Waals surface area contributed by atoms with Gasteiger partial charge in [-0.15, -0.1) is 11.3 Å². The summed E-state index contributed by atoms with van der Waals surface area (Å²) in [7, 11) is 0. The monoisotopic (exact) mass is 272 g/mol. The van der Waals surface area contributed by atoms with E-state index in [1.807, 2.05) is 25.1 Å². The highest BCUT2D eigenvalue weighted by atomic mass is 32.1. The fourth-order valence-corrected chi connectivity index (χ4v) is 2.96. The van der Waals surface area contributed by atoms with Crippen LogP contribution < -0.4 is 11.2 Å². The average molecular weight is 272 g/mol. The molecular weight excluding hydrogens is 260 g/mol. The normalized spacial score (nSPS) is 11.0. The van der Waals surface area contributed by atoms with Crippen LogP contribution >= 0.6 is 11.3 Å². The van der Waals surface area contributed by atoms with E-state index in [1.165, 1.54) is 15.9 Å². The van der Waals surface area contributed by atoms with Gasteiger partial charge in [-0.3, -0.25) is 4.79 Å². The lowest BCUT2D eigenvalue weighted by Gasteiger charge is -2.09. The maximum Gasteiger partial charge on any atom is 0.333 e. The number of nitrogens with one attached hydrogen (secondary N) is 1. The molecule has 2 heterocycles. The molecule has 0 bridgehead atoms. The minimum atomic E-state index is -0.392. The summed E-state index contributed by atoms with van der Waals surface area (Å²) in [5.41, 5.74) is 1.59. The Hall–Kier alpha value is -2.14. The van der Waals surface area contributed by atoms with Crippen molar-refractivity contribution in [2.24, 2.45) is 0 Å². The summed E-state index contributed by atoms with van der Waals surface area (Å²) in [5.74, 6) is 0. The molecule has 19 heavy (non-hydrogen) atoms. The number of hydrogen-bond donors (Lipinski definition) is 1. The van der Waals surface area contributed by atoms with Crippen molar-refractivity contribution in [2.45, 2.75) is 13.3 Å². The van der Waals surface area contributed by atoms with Crippen molar-refractivity contribution >= 4 is 21.6 Å². The number of rotatable bonds is 2. The maximum absolute atomic E-state index is 12.4. The van der Waals surface area contributed by atoms with Gasteiger partial charge < -0.3 is 4.98 Å². The van der Waals surface area contributed by atoms with Crippen LogP contribution in [0.5, 0.6) is 0 Å². The largest absolute Gasteiger partial charge is 0.333 e. The molecule has 4 nitrogen and oxygen atoms in total. The summed E-state index contributed by atoms with van der Waals surface area (Å²) in [5, 5.41) is 1.80. The molecule has 0 saturated carbocycles. The van der Waals surface area contributed by atoms with Gasteiger partial charge in [0.2, 0.25) is 0 Å². The lowest BCUT2D eigenvalue weighted by molar-refractivity contribution is 0.886. The van der Waals surface area contributed by atoms with E-state index >= 15 is 0 Å². The minimum absolute atomic E-state index is 0.255. The van der Waals surface area contributed by atoms with Crippen LogP contribution in [0.25, 0.3) is 15.9 Å². The number of fused-ring (bicyclic) bond motifs is 1. The smallest absolute Gasteiger partial charge is 0.306 e. The van der Waals surface area contributed by atoms with Crippen molar-refractivity contribution in [1.82, 2.24) is 9.55 Å². The van der Waals surface area contributed by atoms with Crippen molar-refractivity contribution in [3.63, 3.8) is 0 Å². The zero-order chi connectivity index (χ0) is 13.4. The van der Waals surface area contributed by atoms with E-state index < -0.39 is 5.69 Å². The van der Waals surface area contributed by atoms with Crippen LogP contribution in [0.3, 0.4) is 0 Å². The number of H-pyrrole nitrogens is 1. The number of aromatic amines is 1. The first kappa shape index (κ1) is 11.9. The Morgan fingerprint density at radius 1 is 1.21 bits per heavy atom.